The molecule has 0 N–H and O–H groups in total. The third-order valence-electron chi connectivity index (χ3n) is 4.31. The maximum Gasteiger partial charge on any atom is 0.336 e. The summed E-state index contributed by atoms with van der Waals surface area (Å²) in [5, 5.41) is 1.38. The van der Waals surface area contributed by atoms with Gasteiger partial charge >= 0.3 is 5.63 Å². The topological polar surface area (TPSA) is 69.0 Å². The summed E-state index contributed by atoms with van der Waals surface area (Å²) >= 11 is 6.04. The molecule has 0 saturated heterocycles. The minimum Gasteiger partial charge on any atom is -0.491 e. The molecule has 1 aliphatic heterocycles. The third kappa shape index (κ3) is 3.90. The van der Waals surface area contributed by atoms with Crippen LogP contribution in [0.25, 0.3) is 11.0 Å². The first kappa shape index (κ1) is 17.4. The lowest BCUT2D eigenvalue weighted by molar-refractivity contribution is -0.134. The maximum absolute atomic E-state index is 12.6. The number of nitrogens with zero attached hydrogens (tertiary/aromatic N) is 1. The molecular weight excluding hydrogens is 370 g/mol. The number of benzene rings is 2. The number of halogens is 1. The van der Waals surface area contributed by atoms with E-state index in [-0.39, 0.29) is 12.5 Å². The first-order chi connectivity index (χ1) is 13.1. The largest absolute Gasteiger partial charge is 0.491 e. The van der Waals surface area contributed by atoms with Gasteiger partial charge in [0, 0.05) is 34.6 Å². The molecule has 0 spiro atoms. The Labute approximate surface area is 159 Å². The van der Waals surface area contributed by atoms with Crippen LogP contribution in [0.2, 0.25) is 5.02 Å². The molecule has 0 radical (unpaired) electrons. The quantitative estimate of drug-likeness (QED) is 0.647. The number of ether oxygens (including phenoxy) is 2. The number of rotatable bonds is 3. The fraction of sp³-hybridized carbons (Fsp3) is 0.200. The van der Waals surface area contributed by atoms with E-state index in [1.165, 1.54) is 6.07 Å². The van der Waals surface area contributed by atoms with Crippen LogP contribution in [0.1, 0.15) is 5.56 Å². The first-order valence-electron chi connectivity index (χ1n) is 8.44. The van der Waals surface area contributed by atoms with Gasteiger partial charge in [-0.25, -0.2) is 4.79 Å². The molecule has 27 heavy (non-hydrogen) atoms. The first-order valence-corrected chi connectivity index (χ1v) is 8.82. The van der Waals surface area contributed by atoms with Crippen LogP contribution in [-0.2, 0) is 11.3 Å². The van der Waals surface area contributed by atoms with Gasteiger partial charge in [0.15, 0.2) is 6.61 Å². The van der Waals surface area contributed by atoms with E-state index in [1.807, 2.05) is 6.07 Å². The van der Waals surface area contributed by atoms with Crippen molar-refractivity contribution in [3.05, 3.63) is 69.5 Å². The highest BCUT2D eigenvalue weighted by molar-refractivity contribution is 6.30. The van der Waals surface area contributed by atoms with Crippen LogP contribution in [0.4, 0.5) is 0 Å². The van der Waals surface area contributed by atoms with E-state index in [0.717, 1.165) is 16.7 Å². The zero-order valence-corrected chi connectivity index (χ0v) is 15.1. The fourth-order valence-corrected chi connectivity index (χ4v) is 3.14. The number of amides is 1. The van der Waals surface area contributed by atoms with Crippen molar-refractivity contribution in [2.24, 2.45) is 0 Å². The molecule has 2 heterocycles. The molecule has 6 nitrogen and oxygen atoms in total. The number of hydrogen-bond acceptors (Lipinski definition) is 5. The van der Waals surface area contributed by atoms with Crippen LogP contribution in [-0.4, -0.2) is 30.6 Å². The molecule has 3 aromatic rings. The summed E-state index contributed by atoms with van der Waals surface area (Å²) in [5.74, 6) is 1.03. The normalized spacial score (nSPS) is 13.6. The Morgan fingerprint density at radius 2 is 2.00 bits per heavy atom. The molecule has 0 bridgehead atoms. The molecule has 4 rings (SSSR count). The molecule has 1 aliphatic rings. The van der Waals surface area contributed by atoms with Gasteiger partial charge in [-0.2, -0.15) is 0 Å². The van der Waals surface area contributed by atoms with Gasteiger partial charge in [-0.15, -0.1) is 0 Å². The molecule has 2 aromatic carbocycles. The van der Waals surface area contributed by atoms with Gasteiger partial charge in [0.05, 0.1) is 6.54 Å². The van der Waals surface area contributed by atoms with E-state index >= 15 is 0 Å². The van der Waals surface area contributed by atoms with Crippen molar-refractivity contribution in [3.63, 3.8) is 0 Å². The zero-order valence-electron chi connectivity index (χ0n) is 14.3. The predicted molar refractivity (Wildman–Crippen MR) is 100 cm³/mol. The van der Waals surface area contributed by atoms with E-state index in [4.69, 9.17) is 25.5 Å². The second-order valence-electron chi connectivity index (χ2n) is 6.16. The van der Waals surface area contributed by atoms with E-state index in [0.29, 0.717) is 36.1 Å². The van der Waals surface area contributed by atoms with Gasteiger partial charge in [0.25, 0.3) is 5.91 Å². The zero-order chi connectivity index (χ0) is 18.8. The predicted octanol–water partition coefficient (Wildman–Crippen LogP) is 3.25. The lowest BCUT2D eigenvalue weighted by Crippen LogP contribution is -2.36. The molecular formula is C20H16ClNO5. The van der Waals surface area contributed by atoms with Gasteiger partial charge < -0.3 is 18.8 Å². The lowest BCUT2D eigenvalue weighted by Gasteiger charge is -2.20. The number of fused-ring (bicyclic) bond motifs is 2. The van der Waals surface area contributed by atoms with Crippen molar-refractivity contribution in [1.29, 1.82) is 0 Å². The number of carbonyl (C=O) groups excluding carboxylic acids is 1. The highest BCUT2D eigenvalue weighted by Crippen LogP contribution is 2.26. The van der Waals surface area contributed by atoms with Crippen LogP contribution in [0.5, 0.6) is 11.5 Å². The molecule has 1 amide bonds. The van der Waals surface area contributed by atoms with E-state index in [1.54, 1.807) is 41.3 Å². The average molecular weight is 386 g/mol. The van der Waals surface area contributed by atoms with E-state index in [2.05, 4.69) is 0 Å². The van der Waals surface area contributed by atoms with Gasteiger partial charge in [-0.3, -0.25) is 4.79 Å². The second-order valence-corrected chi connectivity index (χ2v) is 6.59. The molecule has 7 heteroatoms. The molecule has 0 fully saturated rings. The van der Waals surface area contributed by atoms with Gasteiger partial charge in [0.1, 0.15) is 23.7 Å². The van der Waals surface area contributed by atoms with Crippen molar-refractivity contribution >= 4 is 28.5 Å². The minimum absolute atomic E-state index is 0.127. The van der Waals surface area contributed by atoms with Crippen molar-refractivity contribution < 1.29 is 18.7 Å². The fourth-order valence-electron chi connectivity index (χ4n) is 2.94. The van der Waals surface area contributed by atoms with Gasteiger partial charge in [-0.1, -0.05) is 11.6 Å². The second kappa shape index (κ2) is 7.32. The molecule has 0 saturated carbocycles. The summed E-state index contributed by atoms with van der Waals surface area (Å²) in [6.45, 7) is 1.14. The molecule has 1 aromatic heterocycles. The minimum atomic E-state index is -0.433. The highest BCUT2D eigenvalue weighted by atomic mass is 35.5. The van der Waals surface area contributed by atoms with Crippen LogP contribution in [0.15, 0.2) is 57.7 Å². The van der Waals surface area contributed by atoms with Crippen LogP contribution in [0.3, 0.4) is 0 Å². The van der Waals surface area contributed by atoms with Crippen LogP contribution in [0, 0.1) is 0 Å². The Hall–Kier alpha value is -2.99. The Kier molecular flexibility index (Phi) is 4.73. The van der Waals surface area contributed by atoms with Crippen LogP contribution >= 0.6 is 11.6 Å². The SMILES string of the molecule is O=C(COc1ccc2ccc(=O)oc2c1)N1CCOc2ccc(Cl)cc2C1. The summed E-state index contributed by atoms with van der Waals surface area (Å²) in [4.78, 5) is 25.6. The monoisotopic (exact) mass is 385 g/mol. The van der Waals surface area contributed by atoms with Gasteiger partial charge in [-0.05, 0) is 36.4 Å². The smallest absolute Gasteiger partial charge is 0.336 e. The van der Waals surface area contributed by atoms with E-state index < -0.39 is 5.63 Å². The van der Waals surface area contributed by atoms with Gasteiger partial charge in [0.2, 0.25) is 0 Å². The van der Waals surface area contributed by atoms with Crippen molar-refractivity contribution in [2.75, 3.05) is 19.8 Å². The molecule has 138 valence electrons. The van der Waals surface area contributed by atoms with Crippen LogP contribution < -0.4 is 15.1 Å². The van der Waals surface area contributed by atoms with Crippen molar-refractivity contribution in [3.8, 4) is 11.5 Å². The van der Waals surface area contributed by atoms with Crippen molar-refractivity contribution in [2.45, 2.75) is 6.54 Å². The number of carbonyl (C=O) groups is 1. The third-order valence-corrected chi connectivity index (χ3v) is 4.55. The Bertz CT molecular complexity index is 1060. The van der Waals surface area contributed by atoms with Crippen molar-refractivity contribution in [1.82, 2.24) is 4.90 Å². The summed E-state index contributed by atoms with van der Waals surface area (Å²) in [7, 11) is 0. The Morgan fingerprint density at radius 3 is 2.89 bits per heavy atom. The molecule has 0 aliphatic carbocycles. The summed E-state index contributed by atoms with van der Waals surface area (Å²) in [5.41, 5.74) is 0.845. The summed E-state index contributed by atoms with van der Waals surface area (Å²) < 4.78 is 16.4. The summed E-state index contributed by atoms with van der Waals surface area (Å²) in [6.07, 6.45) is 0. The highest BCUT2D eigenvalue weighted by Gasteiger charge is 2.20. The maximum atomic E-state index is 12.6. The standard InChI is InChI=1S/C20H16ClNO5/c21-15-3-5-17-14(9-15)11-22(7-8-25-17)19(23)12-26-16-4-1-13-2-6-20(24)27-18(13)10-16/h1-6,9-10H,7-8,11-12H2. The van der Waals surface area contributed by atoms with E-state index in [9.17, 15) is 9.59 Å². The molecule has 0 unspecified atom stereocenters. The molecule has 0 atom stereocenters. The Morgan fingerprint density at radius 1 is 1.15 bits per heavy atom. The Balaban J connectivity index is 1.45. The average Bonchev–Trinajstić information content (AvgIpc) is 2.87. The summed E-state index contributed by atoms with van der Waals surface area (Å²) in [6, 6.07) is 13.5. The number of hydrogen-bond donors (Lipinski definition) is 0. The lowest BCUT2D eigenvalue weighted by atomic mass is 10.2.